The van der Waals surface area contributed by atoms with Crippen molar-refractivity contribution in [2.75, 3.05) is 24.2 Å². The average molecular weight is 465 g/mol. The summed E-state index contributed by atoms with van der Waals surface area (Å²) in [5.74, 6) is -0.912. The number of amides is 1. The summed E-state index contributed by atoms with van der Waals surface area (Å²) in [7, 11) is -2.85. The second-order valence-electron chi connectivity index (χ2n) is 7.67. The van der Waals surface area contributed by atoms with Crippen LogP contribution in [0.4, 0.5) is 10.1 Å². The van der Waals surface area contributed by atoms with E-state index in [9.17, 15) is 13.4 Å². The summed E-state index contributed by atoms with van der Waals surface area (Å²) in [5, 5.41) is 3.10. The second kappa shape index (κ2) is 8.08. The number of carbonyl (C=O) groups is 1. The van der Waals surface area contributed by atoms with Crippen molar-refractivity contribution < 1.29 is 13.4 Å². The van der Waals surface area contributed by atoms with E-state index in [4.69, 9.17) is 17.3 Å². The highest BCUT2D eigenvalue weighted by Crippen LogP contribution is 2.36. The number of rotatable bonds is 3. The number of halogens is 2. The van der Waals surface area contributed by atoms with Gasteiger partial charge in [-0.1, -0.05) is 11.6 Å². The molecule has 2 aliphatic rings. The maximum Gasteiger partial charge on any atom is 0.274 e. The molecule has 2 aliphatic heterocycles. The van der Waals surface area contributed by atoms with Crippen LogP contribution in [-0.2, 0) is 15.5 Å². The average Bonchev–Trinajstić information content (AvgIpc) is 2.91. The molecule has 1 aromatic carbocycles. The number of carbonyl (C=O) groups excluding carboxylic acids is 1. The SMILES string of the molecule is C[C@@]1(c2cc(NC(=O)c3ccc(Cl)cn3)ccc2F)C[S@]2(=O)=NCCCCN2C(N)=N1. The third-order valence-corrected chi connectivity index (χ3v) is 8.06. The molecule has 3 N–H and O–H groups in total. The van der Waals surface area contributed by atoms with Gasteiger partial charge in [0.2, 0.25) is 5.96 Å². The number of aromatic nitrogens is 1. The molecule has 0 bridgehead atoms. The van der Waals surface area contributed by atoms with Gasteiger partial charge in [-0.05, 0) is 50.1 Å². The normalized spacial score (nSPS) is 25.6. The first-order valence-corrected chi connectivity index (χ1v) is 11.8. The Hall–Kier alpha value is -2.72. The quantitative estimate of drug-likeness (QED) is 0.726. The number of aliphatic imine (C=N–C) groups is 1. The number of hydrogen-bond donors (Lipinski definition) is 2. The van der Waals surface area contributed by atoms with E-state index in [1.807, 2.05) is 0 Å². The maximum atomic E-state index is 14.9. The number of benzene rings is 1. The number of anilines is 1. The van der Waals surface area contributed by atoms with Crippen LogP contribution in [0.2, 0.25) is 5.02 Å². The van der Waals surface area contributed by atoms with Crippen LogP contribution in [0.25, 0.3) is 0 Å². The Labute approximate surface area is 185 Å². The summed E-state index contributed by atoms with van der Waals surface area (Å²) in [5.41, 5.74) is 5.63. The fraction of sp³-hybridized carbons (Fsp3) is 0.350. The van der Waals surface area contributed by atoms with E-state index in [0.717, 1.165) is 12.8 Å². The van der Waals surface area contributed by atoms with E-state index < -0.39 is 27.2 Å². The lowest BCUT2D eigenvalue weighted by Crippen LogP contribution is -2.52. The Morgan fingerprint density at radius 3 is 2.87 bits per heavy atom. The molecular formula is C20H22ClFN6O2S. The van der Waals surface area contributed by atoms with E-state index in [0.29, 0.717) is 23.8 Å². The lowest BCUT2D eigenvalue weighted by atomic mass is 9.93. The third-order valence-electron chi connectivity index (χ3n) is 5.26. The molecular weight excluding hydrogens is 443 g/mol. The minimum absolute atomic E-state index is 0.00770. The van der Waals surface area contributed by atoms with Gasteiger partial charge in [0.15, 0.2) is 0 Å². The van der Waals surface area contributed by atoms with E-state index in [1.54, 1.807) is 13.0 Å². The zero-order valence-corrected chi connectivity index (χ0v) is 18.4. The van der Waals surface area contributed by atoms with Gasteiger partial charge in [0.05, 0.1) is 17.3 Å². The Morgan fingerprint density at radius 1 is 1.32 bits per heavy atom. The summed E-state index contributed by atoms with van der Waals surface area (Å²) >= 11 is 5.80. The van der Waals surface area contributed by atoms with Crippen LogP contribution in [0.3, 0.4) is 0 Å². The van der Waals surface area contributed by atoms with Gasteiger partial charge in [0.25, 0.3) is 5.91 Å². The van der Waals surface area contributed by atoms with Crippen molar-refractivity contribution in [2.24, 2.45) is 15.1 Å². The Morgan fingerprint density at radius 2 is 2.13 bits per heavy atom. The number of pyridine rings is 1. The van der Waals surface area contributed by atoms with Gasteiger partial charge in [-0.3, -0.25) is 9.10 Å². The van der Waals surface area contributed by atoms with Crippen molar-refractivity contribution >= 4 is 39.1 Å². The van der Waals surface area contributed by atoms with E-state index >= 15 is 0 Å². The molecule has 31 heavy (non-hydrogen) atoms. The van der Waals surface area contributed by atoms with Crippen molar-refractivity contribution in [3.05, 3.63) is 58.6 Å². The van der Waals surface area contributed by atoms with Gasteiger partial charge >= 0.3 is 0 Å². The zero-order chi connectivity index (χ0) is 22.2. The summed E-state index contributed by atoms with van der Waals surface area (Å²) in [6, 6.07) is 7.20. The number of nitrogens with two attached hydrogens (primary N) is 1. The Balaban J connectivity index is 1.69. The number of hydrogen-bond acceptors (Lipinski definition) is 6. The van der Waals surface area contributed by atoms with Crippen LogP contribution in [0.15, 0.2) is 45.9 Å². The second-order valence-corrected chi connectivity index (χ2v) is 10.3. The number of nitrogens with one attached hydrogen (secondary N) is 1. The fourth-order valence-corrected chi connectivity index (χ4v) is 6.35. The number of guanidine groups is 1. The van der Waals surface area contributed by atoms with E-state index in [1.165, 1.54) is 34.8 Å². The molecule has 0 saturated heterocycles. The maximum absolute atomic E-state index is 14.9. The summed E-state index contributed by atoms with van der Waals surface area (Å²) in [4.78, 5) is 21.0. The van der Waals surface area contributed by atoms with Crippen molar-refractivity contribution in [2.45, 2.75) is 25.3 Å². The van der Waals surface area contributed by atoms with Crippen LogP contribution in [0.5, 0.6) is 0 Å². The van der Waals surface area contributed by atoms with E-state index in [2.05, 4.69) is 19.7 Å². The predicted octanol–water partition coefficient (Wildman–Crippen LogP) is 3.15. The predicted molar refractivity (Wildman–Crippen MR) is 119 cm³/mol. The van der Waals surface area contributed by atoms with Gasteiger partial charge in [-0.2, -0.15) is 0 Å². The number of nitrogens with zero attached hydrogens (tertiary/aromatic N) is 4. The molecule has 0 unspecified atom stereocenters. The first-order valence-electron chi connectivity index (χ1n) is 9.77. The van der Waals surface area contributed by atoms with E-state index in [-0.39, 0.29) is 23.0 Å². The largest absolute Gasteiger partial charge is 0.369 e. The zero-order valence-electron chi connectivity index (χ0n) is 16.8. The first kappa shape index (κ1) is 21.5. The lowest BCUT2D eigenvalue weighted by molar-refractivity contribution is 0.102. The van der Waals surface area contributed by atoms with Crippen LogP contribution in [-0.4, -0.2) is 44.2 Å². The molecule has 0 fully saturated rings. The molecule has 1 amide bonds. The van der Waals surface area contributed by atoms with Gasteiger partial charge in [0.1, 0.15) is 27.0 Å². The molecule has 0 aliphatic carbocycles. The van der Waals surface area contributed by atoms with Crippen LogP contribution >= 0.6 is 11.6 Å². The van der Waals surface area contributed by atoms with Gasteiger partial charge in [-0.15, -0.1) is 0 Å². The topological polar surface area (TPSA) is 113 Å². The van der Waals surface area contributed by atoms with Crippen molar-refractivity contribution in [3.8, 4) is 0 Å². The van der Waals surface area contributed by atoms with Gasteiger partial charge in [0, 0.05) is 24.0 Å². The highest BCUT2D eigenvalue weighted by Gasteiger charge is 2.42. The fourth-order valence-electron chi connectivity index (χ4n) is 3.74. The summed E-state index contributed by atoms with van der Waals surface area (Å²) < 4.78 is 34.4. The monoisotopic (exact) mass is 464 g/mol. The standard InChI is InChI=1S/C20H22ClFN6O2S/c1-20(12-31(30)25-8-2-3-9-28(31)19(23)27-20)15-10-14(5-6-16(15)22)26-18(29)17-7-4-13(21)11-24-17/h4-7,10-11H,2-3,8-9,12H2,1H3,(H2,23,27)(H,26,29)/t20-,31-/m0/s1. The third kappa shape index (κ3) is 4.22. The van der Waals surface area contributed by atoms with Gasteiger partial charge in [-0.25, -0.2) is 22.9 Å². The molecule has 2 aromatic rings. The van der Waals surface area contributed by atoms with Crippen molar-refractivity contribution in [1.29, 1.82) is 0 Å². The Bertz CT molecular complexity index is 1180. The Kier molecular flexibility index (Phi) is 5.61. The van der Waals surface area contributed by atoms with Crippen molar-refractivity contribution in [3.63, 3.8) is 0 Å². The first-order chi connectivity index (χ1) is 14.7. The molecule has 11 heteroatoms. The molecule has 3 heterocycles. The summed E-state index contributed by atoms with van der Waals surface area (Å²) in [6.45, 7) is 2.64. The van der Waals surface area contributed by atoms with Crippen LogP contribution < -0.4 is 11.1 Å². The lowest BCUT2D eigenvalue weighted by Gasteiger charge is -2.38. The van der Waals surface area contributed by atoms with Crippen LogP contribution in [0, 0.1) is 5.82 Å². The molecule has 0 saturated carbocycles. The van der Waals surface area contributed by atoms with Gasteiger partial charge < -0.3 is 11.1 Å². The number of fused-ring (bicyclic) bond motifs is 1. The molecule has 2 atom stereocenters. The molecule has 1 aromatic heterocycles. The minimum Gasteiger partial charge on any atom is -0.369 e. The molecule has 8 nitrogen and oxygen atoms in total. The van der Waals surface area contributed by atoms with Crippen LogP contribution in [0.1, 0.15) is 35.8 Å². The molecule has 164 valence electrons. The van der Waals surface area contributed by atoms with Crippen molar-refractivity contribution in [1.82, 2.24) is 9.29 Å². The smallest absolute Gasteiger partial charge is 0.274 e. The highest BCUT2D eigenvalue weighted by molar-refractivity contribution is 7.92. The molecule has 0 radical (unpaired) electrons. The molecule has 4 rings (SSSR count). The highest BCUT2D eigenvalue weighted by atomic mass is 35.5. The summed E-state index contributed by atoms with van der Waals surface area (Å²) in [6.07, 6.45) is 2.99. The molecule has 0 spiro atoms. The minimum atomic E-state index is -2.85.